The third-order valence-electron chi connectivity index (χ3n) is 4.21. The minimum absolute atomic E-state index is 0.808. The van der Waals surface area contributed by atoms with E-state index >= 15 is 0 Å². The lowest BCUT2D eigenvalue weighted by molar-refractivity contribution is -0.908. The van der Waals surface area contributed by atoms with E-state index in [-0.39, 0.29) is 0 Å². The molecule has 20 heavy (non-hydrogen) atoms. The van der Waals surface area contributed by atoms with Crippen LogP contribution in [0.25, 0.3) is 0 Å². The Morgan fingerprint density at radius 3 is 3.00 bits per heavy atom. The van der Waals surface area contributed by atoms with Gasteiger partial charge in [0.05, 0.1) is 26.2 Å². The molecule has 2 nitrogen and oxygen atoms in total. The molecule has 0 amide bonds. The summed E-state index contributed by atoms with van der Waals surface area (Å²) in [5.41, 5.74) is 1.17. The van der Waals surface area contributed by atoms with Crippen molar-refractivity contribution in [3.05, 3.63) is 28.8 Å². The SMILES string of the molecule is CCc1cc(OCCC[NH+]2CCC[C@@H](C)C2)ccc1Cl. The summed E-state index contributed by atoms with van der Waals surface area (Å²) < 4.78 is 5.85. The number of hydrogen-bond donors (Lipinski definition) is 1. The highest BCUT2D eigenvalue weighted by molar-refractivity contribution is 6.31. The summed E-state index contributed by atoms with van der Waals surface area (Å²) in [5, 5.41) is 0.839. The van der Waals surface area contributed by atoms with Gasteiger partial charge in [0.2, 0.25) is 0 Å². The zero-order valence-electron chi connectivity index (χ0n) is 12.8. The number of hydrogen-bond acceptors (Lipinski definition) is 1. The number of benzene rings is 1. The molecular weight excluding hydrogens is 270 g/mol. The van der Waals surface area contributed by atoms with E-state index in [1.54, 1.807) is 4.90 Å². The van der Waals surface area contributed by atoms with Crippen LogP contribution in [0.5, 0.6) is 5.75 Å². The zero-order chi connectivity index (χ0) is 14.4. The predicted octanol–water partition coefficient (Wildman–Crippen LogP) is 2.99. The highest BCUT2D eigenvalue weighted by Gasteiger charge is 2.18. The first kappa shape index (κ1) is 15.7. The normalized spacial score (nSPS) is 22.8. The third kappa shape index (κ3) is 4.68. The van der Waals surface area contributed by atoms with Gasteiger partial charge < -0.3 is 9.64 Å². The number of ether oxygens (including phenoxy) is 1. The van der Waals surface area contributed by atoms with Crippen LogP contribution in [-0.2, 0) is 6.42 Å². The first-order valence-corrected chi connectivity index (χ1v) is 8.31. The molecule has 0 spiro atoms. The van der Waals surface area contributed by atoms with E-state index in [2.05, 4.69) is 19.9 Å². The number of rotatable bonds is 6. The minimum Gasteiger partial charge on any atom is -0.493 e. The molecule has 1 unspecified atom stereocenters. The number of likely N-dealkylation sites (tertiary alicyclic amines) is 1. The first-order chi connectivity index (χ1) is 9.69. The van der Waals surface area contributed by atoms with E-state index < -0.39 is 0 Å². The van der Waals surface area contributed by atoms with Gasteiger partial charge >= 0.3 is 0 Å². The van der Waals surface area contributed by atoms with Crippen molar-refractivity contribution in [2.24, 2.45) is 5.92 Å². The van der Waals surface area contributed by atoms with Gasteiger partial charge in [0.15, 0.2) is 0 Å². The molecule has 1 aliphatic rings. The quantitative estimate of drug-likeness (QED) is 0.797. The van der Waals surface area contributed by atoms with E-state index in [0.717, 1.165) is 36.1 Å². The highest BCUT2D eigenvalue weighted by atomic mass is 35.5. The molecule has 0 saturated carbocycles. The van der Waals surface area contributed by atoms with Gasteiger partial charge in [0.25, 0.3) is 0 Å². The molecule has 1 saturated heterocycles. The molecule has 1 N–H and O–H groups in total. The van der Waals surface area contributed by atoms with E-state index in [4.69, 9.17) is 16.3 Å². The van der Waals surface area contributed by atoms with Crippen LogP contribution in [0, 0.1) is 5.92 Å². The molecule has 1 heterocycles. The molecular formula is C17H27ClNO+. The molecule has 1 aliphatic heterocycles. The second kappa shape index (κ2) is 7.90. The fourth-order valence-corrected chi connectivity index (χ4v) is 3.30. The second-order valence-corrected chi connectivity index (χ2v) is 6.42. The maximum Gasteiger partial charge on any atom is 0.119 e. The van der Waals surface area contributed by atoms with Gasteiger partial charge in [0.1, 0.15) is 5.75 Å². The molecule has 0 radical (unpaired) electrons. The summed E-state index contributed by atoms with van der Waals surface area (Å²) in [6, 6.07) is 5.97. The van der Waals surface area contributed by atoms with Crippen molar-refractivity contribution in [1.82, 2.24) is 0 Å². The van der Waals surface area contributed by atoms with Crippen molar-refractivity contribution in [2.75, 3.05) is 26.2 Å². The molecule has 0 bridgehead atoms. The van der Waals surface area contributed by atoms with Gasteiger partial charge in [0, 0.05) is 17.4 Å². The number of halogens is 1. The third-order valence-corrected chi connectivity index (χ3v) is 4.57. The number of piperidine rings is 1. The number of quaternary nitrogens is 1. The Balaban J connectivity index is 1.70. The first-order valence-electron chi connectivity index (χ1n) is 7.93. The average molecular weight is 297 g/mol. The van der Waals surface area contributed by atoms with E-state index in [9.17, 15) is 0 Å². The Kier molecular flexibility index (Phi) is 6.18. The van der Waals surface area contributed by atoms with Crippen LogP contribution in [0.3, 0.4) is 0 Å². The monoisotopic (exact) mass is 296 g/mol. The zero-order valence-corrected chi connectivity index (χ0v) is 13.5. The smallest absolute Gasteiger partial charge is 0.119 e. The summed E-state index contributed by atoms with van der Waals surface area (Å²) >= 11 is 6.11. The molecule has 1 aromatic rings. The van der Waals surface area contributed by atoms with Gasteiger partial charge in [-0.25, -0.2) is 0 Å². The lowest BCUT2D eigenvalue weighted by atomic mass is 10.0. The van der Waals surface area contributed by atoms with Crippen LogP contribution in [-0.4, -0.2) is 26.2 Å². The predicted molar refractivity (Wildman–Crippen MR) is 84.9 cm³/mol. The Hall–Kier alpha value is -0.730. The maximum atomic E-state index is 6.11. The molecule has 2 atom stereocenters. The Morgan fingerprint density at radius 2 is 2.25 bits per heavy atom. The van der Waals surface area contributed by atoms with Crippen molar-refractivity contribution in [3.63, 3.8) is 0 Å². The van der Waals surface area contributed by atoms with E-state index in [1.165, 1.54) is 38.0 Å². The lowest BCUT2D eigenvalue weighted by Crippen LogP contribution is -3.13. The maximum absolute atomic E-state index is 6.11. The number of nitrogens with one attached hydrogen (secondary N) is 1. The summed E-state index contributed by atoms with van der Waals surface area (Å²) in [7, 11) is 0. The van der Waals surface area contributed by atoms with Gasteiger partial charge in [-0.15, -0.1) is 0 Å². The van der Waals surface area contributed by atoms with Crippen molar-refractivity contribution >= 4 is 11.6 Å². The summed E-state index contributed by atoms with van der Waals surface area (Å²) in [4.78, 5) is 1.75. The van der Waals surface area contributed by atoms with Gasteiger partial charge in [-0.3, -0.25) is 0 Å². The van der Waals surface area contributed by atoms with Crippen LogP contribution < -0.4 is 9.64 Å². The molecule has 2 rings (SSSR count). The van der Waals surface area contributed by atoms with Crippen LogP contribution in [0.4, 0.5) is 0 Å². The Morgan fingerprint density at radius 1 is 1.40 bits per heavy atom. The summed E-state index contributed by atoms with van der Waals surface area (Å²) in [6.45, 7) is 9.20. The van der Waals surface area contributed by atoms with Crippen LogP contribution >= 0.6 is 11.6 Å². The van der Waals surface area contributed by atoms with E-state index in [0.29, 0.717) is 0 Å². The molecule has 0 aromatic heterocycles. The standard InChI is InChI=1S/C17H26ClNO/c1-3-15-12-16(7-8-17(15)18)20-11-5-10-19-9-4-6-14(2)13-19/h7-8,12,14H,3-6,9-11,13H2,1-2H3/p+1/t14-/m1/s1. The Labute approximate surface area is 128 Å². The fraction of sp³-hybridized carbons (Fsp3) is 0.647. The van der Waals surface area contributed by atoms with E-state index in [1.807, 2.05) is 12.1 Å². The molecule has 1 aromatic carbocycles. The molecule has 0 aliphatic carbocycles. The van der Waals surface area contributed by atoms with Crippen molar-refractivity contribution in [3.8, 4) is 5.75 Å². The molecule has 1 fully saturated rings. The summed E-state index contributed by atoms with van der Waals surface area (Å²) in [5.74, 6) is 1.84. The lowest BCUT2D eigenvalue weighted by Gasteiger charge is -2.27. The minimum atomic E-state index is 0.808. The highest BCUT2D eigenvalue weighted by Crippen LogP contribution is 2.22. The van der Waals surface area contributed by atoms with Crippen molar-refractivity contribution < 1.29 is 9.64 Å². The molecule has 112 valence electrons. The molecule has 3 heteroatoms. The van der Waals surface area contributed by atoms with Gasteiger partial charge in [-0.2, -0.15) is 0 Å². The van der Waals surface area contributed by atoms with Crippen LogP contribution in [0.15, 0.2) is 18.2 Å². The van der Waals surface area contributed by atoms with Gasteiger partial charge in [-0.1, -0.05) is 25.4 Å². The van der Waals surface area contributed by atoms with Crippen LogP contribution in [0.1, 0.15) is 38.7 Å². The Bertz CT molecular complexity index is 421. The van der Waals surface area contributed by atoms with Crippen LogP contribution in [0.2, 0.25) is 5.02 Å². The largest absolute Gasteiger partial charge is 0.493 e. The second-order valence-electron chi connectivity index (χ2n) is 6.01. The fourth-order valence-electron chi connectivity index (χ4n) is 3.05. The van der Waals surface area contributed by atoms with Gasteiger partial charge in [-0.05, 0) is 43.0 Å². The van der Waals surface area contributed by atoms with Crippen molar-refractivity contribution in [1.29, 1.82) is 0 Å². The number of aryl methyl sites for hydroxylation is 1. The average Bonchev–Trinajstić information content (AvgIpc) is 2.45. The summed E-state index contributed by atoms with van der Waals surface area (Å²) in [6.07, 6.45) is 4.87. The topological polar surface area (TPSA) is 13.7 Å². The van der Waals surface area contributed by atoms with Crippen molar-refractivity contribution in [2.45, 2.75) is 39.5 Å².